The fourth-order valence-electron chi connectivity index (χ4n) is 4.90. The van der Waals surface area contributed by atoms with E-state index in [2.05, 4.69) is 47.2 Å². The van der Waals surface area contributed by atoms with Gasteiger partial charge in [-0.2, -0.15) is 0 Å². The lowest BCUT2D eigenvalue weighted by Gasteiger charge is -2.42. The summed E-state index contributed by atoms with van der Waals surface area (Å²) in [6, 6.07) is 10.8. The van der Waals surface area contributed by atoms with Crippen LogP contribution in [0.4, 0.5) is 0 Å². The van der Waals surface area contributed by atoms with E-state index in [4.69, 9.17) is 0 Å². The number of rotatable bonds is 2. The molecular weight excluding hydrogens is 272 g/mol. The van der Waals surface area contributed by atoms with Gasteiger partial charge in [-0.25, -0.2) is 0 Å². The number of carbonyl (C=O) groups excluding carboxylic acids is 1. The maximum Gasteiger partial charge on any atom is 0.226 e. The highest BCUT2D eigenvalue weighted by molar-refractivity contribution is 5.80. The molecule has 4 unspecified atom stereocenters. The Balaban J connectivity index is 1.57. The van der Waals surface area contributed by atoms with E-state index in [0.717, 1.165) is 32.0 Å². The van der Waals surface area contributed by atoms with E-state index >= 15 is 0 Å². The Labute approximate surface area is 133 Å². The molecule has 0 aromatic heterocycles. The number of hydrogen-bond donors (Lipinski definition) is 0. The molecule has 3 heteroatoms. The summed E-state index contributed by atoms with van der Waals surface area (Å²) in [7, 11) is 2.16. The largest absolute Gasteiger partial charge is 0.333 e. The third-order valence-corrected chi connectivity index (χ3v) is 6.11. The Bertz CT molecular complexity index is 544. The van der Waals surface area contributed by atoms with E-state index < -0.39 is 0 Å². The van der Waals surface area contributed by atoms with Crippen LogP contribution in [0.3, 0.4) is 0 Å². The average molecular weight is 298 g/mol. The molecule has 2 saturated carbocycles. The molecule has 1 aliphatic heterocycles. The molecule has 3 nitrogen and oxygen atoms in total. The summed E-state index contributed by atoms with van der Waals surface area (Å²) < 4.78 is 0. The zero-order chi connectivity index (χ0) is 15.1. The highest BCUT2D eigenvalue weighted by Crippen LogP contribution is 2.49. The summed E-state index contributed by atoms with van der Waals surface area (Å²) in [4.78, 5) is 17.7. The highest BCUT2D eigenvalue weighted by Gasteiger charge is 2.45. The van der Waals surface area contributed by atoms with Crippen LogP contribution in [0.15, 0.2) is 30.3 Å². The number of hydrogen-bond acceptors (Lipinski definition) is 2. The second-order valence-corrected chi connectivity index (χ2v) is 7.50. The van der Waals surface area contributed by atoms with E-state index in [1.54, 1.807) is 0 Å². The van der Waals surface area contributed by atoms with E-state index in [1.807, 2.05) is 0 Å². The highest BCUT2D eigenvalue weighted by atomic mass is 16.2. The molecule has 22 heavy (non-hydrogen) atoms. The number of amides is 1. The van der Waals surface area contributed by atoms with Crippen molar-refractivity contribution in [1.29, 1.82) is 0 Å². The molecule has 1 saturated heterocycles. The molecule has 3 fully saturated rings. The second kappa shape index (κ2) is 5.69. The molecule has 2 bridgehead atoms. The minimum absolute atomic E-state index is 0.228. The third kappa shape index (κ3) is 2.45. The van der Waals surface area contributed by atoms with Crippen molar-refractivity contribution in [2.75, 3.05) is 26.7 Å². The van der Waals surface area contributed by atoms with Crippen LogP contribution in [0.1, 0.15) is 37.3 Å². The van der Waals surface area contributed by atoms with Crippen molar-refractivity contribution in [1.82, 2.24) is 9.80 Å². The van der Waals surface area contributed by atoms with Gasteiger partial charge in [-0.1, -0.05) is 36.8 Å². The van der Waals surface area contributed by atoms with Crippen LogP contribution < -0.4 is 0 Å². The van der Waals surface area contributed by atoms with Gasteiger partial charge >= 0.3 is 0 Å². The maximum absolute atomic E-state index is 13.2. The molecule has 4 atom stereocenters. The van der Waals surface area contributed by atoms with Crippen LogP contribution in [0.2, 0.25) is 0 Å². The quantitative estimate of drug-likeness (QED) is 0.838. The van der Waals surface area contributed by atoms with Crippen molar-refractivity contribution >= 4 is 5.91 Å². The van der Waals surface area contributed by atoms with Crippen LogP contribution in [-0.2, 0) is 4.79 Å². The minimum atomic E-state index is 0.228. The zero-order valence-corrected chi connectivity index (χ0v) is 13.4. The third-order valence-electron chi connectivity index (χ3n) is 6.11. The first-order chi connectivity index (χ1) is 10.7. The molecular formula is C19H26N2O. The molecule has 1 amide bonds. The van der Waals surface area contributed by atoms with Gasteiger partial charge in [-0.3, -0.25) is 4.79 Å². The van der Waals surface area contributed by atoms with Crippen LogP contribution >= 0.6 is 0 Å². The number of piperazine rings is 1. The Morgan fingerprint density at radius 2 is 1.91 bits per heavy atom. The second-order valence-electron chi connectivity index (χ2n) is 7.50. The van der Waals surface area contributed by atoms with Gasteiger partial charge in [0, 0.05) is 25.6 Å². The molecule has 4 rings (SSSR count). The number of benzene rings is 1. The van der Waals surface area contributed by atoms with Crippen molar-refractivity contribution in [3.63, 3.8) is 0 Å². The van der Waals surface area contributed by atoms with Gasteiger partial charge in [0.05, 0.1) is 6.04 Å². The van der Waals surface area contributed by atoms with E-state index in [0.29, 0.717) is 17.7 Å². The van der Waals surface area contributed by atoms with Crippen LogP contribution in [0.5, 0.6) is 0 Å². The molecule has 1 heterocycles. The summed E-state index contributed by atoms with van der Waals surface area (Å²) in [5.74, 6) is 2.26. The summed E-state index contributed by atoms with van der Waals surface area (Å²) in [5, 5.41) is 0. The van der Waals surface area contributed by atoms with Crippen LogP contribution in [-0.4, -0.2) is 42.4 Å². The first kappa shape index (κ1) is 14.3. The van der Waals surface area contributed by atoms with Crippen LogP contribution in [0.25, 0.3) is 0 Å². The summed E-state index contributed by atoms with van der Waals surface area (Å²) in [6.07, 6.45) is 5.10. The molecule has 1 aromatic carbocycles. The molecule has 0 N–H and O–H groups in total. The Kier molecular flexibility index (Phi) is 3.69. The van der Waals surface area contributed by atoms with Gasteiger partial charge in [0.2, 0.25) is 5.91 Å². The standard InChI is InChI=1S/C19H26N2O/c1-20-9-10-21(18(13-20)15-5-3-2-4-6-15)19(22)17-12-14-7-8-16(17)11-14/h2-6,14,16-18H,7-13H2,1H3. The van der Waals surface area contributed by atoms with Crippen molar-refractivity contribution in [2.24, 2.45) is 17.8 Å². The van der Waals surface area contributed by atoms with Gasteiger partial charge in [0.1, 0.15) is 0 Å². The van der Waals surface area contributed by atoms with Gasteiger partial charge in [-0.05, 0) is 43.7 Å². The van der Waals surface area contributed by atoms with E-state index in [1.165, 1.54) is 24.8 Å². The first-order valence-electron chi connectivity index (χ1n) is 8.76. The lowest BCUT2D eigenvalue weighted by molar-refractivity contribution is -0.142. The summed E-state index contributed by atoms with van der Waals surface area (Å²) in [5.41, 5.74) is 1.28. The number of carbonyl (C=O) groups is 1. The van der Waals surface area contributed by atoms with Gasteiger partial charge in [0.25, 0.3) is 0 Å². The zero-order valence-electron chi connectivity index (χ0n) is 13.4. The normalized spacial score (nSPS) is 35.0. The Morgan fingerprint density at radius 1 is 1.09 bits per heavy atom. The number of fused-ring (bicyclic) bond motifs is 2. The van der Waals surface area contributed by atoms with Gasteiger partial charge in [-0.15, -0.1) is 0 Å². The molecule has 0 radical (unpaired) electrons. The minimum Gasteiger partial charge on any atom is -0.333 e. The fourth-order valence-corrected chi connectivity index (χ4v) is 4.90. The van der Waals surface area contributed by atoms with Crippen LogP contribution in [0, 0.1) is 17.8 Å². The smallest absolute Gasteiger partial charge is 0.226 e. The van der Waals surface area contributed by atoms with Crippen molar-refractivity contribution in [2.45, 2.75) is 31.7 Å². The van der Waals surface area contributed by atoms with Gasteiger partial charge < -0.3 is 9.80 Å². The lowest BCUT2D eigenvalue weighted by atomic mass is 9.86. The predicted octanol–water partition coefficient (Wildman–Crippen LogP) is 2.94. The Hall–Kier alpha value is -1.35. The van der Waals surface area contributed by atoms with E-state index in [9.17, 15) is 4.79 Å². The number of nitrogens with zero attached hydrogens (tertiary/aromatic N) is 2. The first-order valence-corrected chi connectivity index (χ1v) is 8.76. The predicted molar refractivity (Wildman–Crippen MR) is 87.3 cm³/mol. The molecule has 0 spiro atoms. The lowest BCUT2D eigenvalue weighted by Crippen LogP contribution is -2.51. The monoisotopic (exact) mass is 298 g/mol. The fraction of sp³-hybridized carbons (Fsp3) is 0.632. The van der Waals surface area contributed by atoms with E-state index in [-0.39, 0.29) is 6.04 Å². The summed E-state index contributed by atoms with van der Waals surface area (Å²) >= 11 is 0. The molecule has 1 aromatic rings. The molecule has 2 aliphatic carbocycles. The Morgan fingerprint density at radius 3 is 2.59 bits per heavy atom. The topological polar surface area (TPSA) is 23.6 Å². The SMILES string of the molecule is CN1CCN(C(=O)C2CC3CCC2C3)C(c2ccccc2)C1. The van der Waals surface area contributed by atoms with Crippen molar-refractivity contribution in [3.8, 4) is 0 Å². The maximum atomic E-state index is 13.2. The molecule has 118 valence electrons. The van der Waals surface area contributed by atoms with Crippen molar-refractivity contribution in [3.05, 3.63) is 35.9 Å². The van der Waals surface area contributed by atoms with Gasteiger partial charge in [0.15, 0.2) is 0 Å². The average Bonchev–Trinajstić information content (AvgIpc) is 3.18. The molecule has 3 aliphatic rings. The summed E-state index contributed by atoms with van der Waals surface area (Å²) in [6.45, 7) is 2.83. The van der Waals surface area contributed by atoms with Crippen molar-refractivity contribution < 1.29 is 4.79 Å². The number of likely N-dealkylation sites (N-methyl/N-ethyl adjacent to an activating group) is 1.